The Kier molecular flexibility index (Phi) is 3.18. The molecule has 19 heavy (non-hydrogen) atoms. The number of hydrogen-bond donors (Lipinski definition) is 3. The van der Waals surface area contributed by atoms with Crippen molar-refractivity contribution >= 4 is 5.91 Å². The first-order valence-electron chi connectivity index (χ1n) is 6.27. The number of rotatable bonds is 1. The Labute approximate surface area is 112 Å². The molecule has 0 saturated carbocycles. The first-order valence-corrected chi connectivity index (χ1v) is 6.27. The normalized spacial score (nSPS) is 21.5. The molecule has 1 aliphatic heterocycles. The van der Waals surface area contributed by atoms with E-state index in [1.807, 2.05) is 20.8 Å². The summed E-state index contributed by atoms with van der Waals surface area (Å²) in [4.78, 5) is 11.7. The molecule has 5 nitrogen and oxygen atoms in total. The van der Waals surface area contributed by atoms with Crippen LogP contribution in [0.15, 0.2) is 0 Å². The molecule has 0 bridgehead atoms. The van der Waals surface area contributed by atoms with E-state index in [2.05, 4.69) is 0 Å². The highest BCUT2D eigenvalue weighted by atomic mass is 16.5. The molecular formula is C14H19NO4. The summed E-state index contributed by atoms with van der Waals surface area (Å²) >= 11 is 0. The van der Waals surface area contributed by atoms with Crippen molar-refractivity contribution < 1.29 is 19.8 Å². The molecule has 1 aliphatic rings. The van der Waals surface area contributed by atoms with Gasteiger partial charge in [-0.3, -0.25) is 10.0 Å². The van der Waals surface area contributed by atoms with Crippen LogP contribution in [0.4, 0.5) is 0 Å². The number of amides is 1. The van der Waals surface area contributed by atoms with Gasteiger partial charge in [-0.05, 0) is 50.8 Å². The minimum absolute atomic E-state index is 0.287. The van der Waals surface area contributed by atoms with Crippen molar-refractivity contribution in [1.29, 1.82) is 0 Å². The molecule has 5 heteroatoms. The van der Waals surface area contributed by atoms with Crippen molar-refractivity contribution in [2.24, 2.45) is 0 Å². The molecule has 104 valence electrons. The molecule has 0 radical (unpaired) electrons. The van der Waals surface area contributed by atoms with Gasteiger partial charge in [-0.1, -0.05) is 0 Å². The maximum atomic E-state index is 11.7. The van der Waals surface area contributed by atoms with Gasteiger partial charge < -0.3 is 9.84 Å². The van der Waals surface area contributed by atoms with Gasteiger partial charge in [-0.2, -0.15) is 0 Å². The van der Waals surface area contributed by atoms with Gasteiger partial charge in [0, 0.05) is 12.0 Å². The van der Waals surface area contributed by atoms with Gasteiger partial charge in [0.15, 0.2) is 5.60 Å². The van der Waals surface area contributed by atoms with E-state index in [-0.39, 0.29) is 5.75 Å². The first-order chi connectivity index (χ1) is 8.81. The van der Waals surface area contributed by atoms with Crippen LogP contribution in [-0.4, -0.2) is 21.8 Å². The quantitative estimate of drug-likeness (QED) is 0.535. The predicted molar refractivity (Wildman–Crippen MR) is 69.6 cm³/mol. The Bertz CT molecular complexity index is 553. The number of carbonyl (C=O) groups is 1. The Morgan fingerprint density at radius 1 is 1.26 bits per heavy atom. The molecule has 1 atom stereocenters. The number of nitrogens with one attached hydrogen (secondary N) is 1. The average molecular weight is 265 g/mol. The van der Waals surface area contributed by atoms with Gasteiger partial charge in [0.25, 0.3) is 5.91 Å². The fraction of sp³-hybridized carbons (Fsp3) is 0.500. The zero-order valence-corrected chi connectivity index (χ0v) is 11.6. The van der Waals surface area contributed by atoms with Gasteiger partial charge in [0.2, 0.25) is 0 Å². The minimum atomic E-state index is -1.08. The van der Waals surface area contributed by atoms with Crippen LogP contribution in [0.2, 0.25) is 0 Å². The number of ether oxygens (including phenoxy) is 1. The number of hydroxylamine groups is 1. The third kappa shape index (κ3) is 1.94. The van der Waals surface area contributed by atoms with E-state index in [1.165, 1.54) is 0 Å². The van der Waals surface area contributed by atoms with E-state index in [0.29, 0.717) is 18.6 Å². The minimum Gasteiger partial charge on any atom is -0.507 e. The average Bonchev–Trinajstić information content (AvgIpc) is 2.41. The number of phenolic OH excluding ortho intramolecular Hbond substituents is 1. The summed E-state index contributed by atoms with van der Waals surface area (Å²) in [5.41, 5.74) is 3.88. The van der Waals surface area contributed by atoms with Crippen molar-refractivity contribution in [2.75, 3.05) is 0 Å². The van der Waals surface area contributed by atoms with Crippen LogP contribution >= 0.6 is 0 Å². The second-order valence-electron chi connectivity index (χ2n) is 5.31. The Hall–Kier alpha value is -1.75. The van der Waals surface area contributed by atoms with Crippen LogP contribution in [0.5, 0.6) is 11.5 Å². The fourth-order valence-electron chi connectivity index (χ4n) is 2.53. The molecule has 0 fully saturated rings. The largest absolute Gasteiger partial charge is 0.507 e. The van der Waals surface area contributed by atoms with E-state index in [0.717, 1.165) is 22.3 Å². The molecule has 1 aromatic carbocycles. The molecule has 1 aromatic rings. The summed E-state index contributed by atoms with van der Waals surface area (Å²) in [6.07, 6.45) is 1.08. The highest BCUT2D eigenvalue weighted by Crippen LogP contribution is 2.43. The second kappa shape index (κ2) is 4.42. The van der Waals surface area contributed by atoms with Gasteiger partial charge in [-0.15, -0.1) is 0 Å². The zero-order chi connectivity index (χ0) is 14.4. The number of carbonyl (C=O) groups excluding carboxylic acids is 1. The fourth-order valence-corrected chi connectivity index (χ4v) is 2.53. The Morgan fingerprint density at radius 3 is 2.47 bits per heavy atom. The van der Waals surface area contributed by atoms with E-state index < -0.39 is 11.5 Å². The standard InChI is InChI=1S/C14H19NO4/c1-7-8(2)12-10(9(3)11(7)16)5-6-14(4,19-12)13(17)15-18/h16,18H,5-6H2,1-4H3,(H,15,17)/t14-/m0/s1. The lowest BCUT2D eigenvalue weighted by molar-refractivity contribution is -0.145. The van der Waals surface area contributed by atoms with E-state index >= 15 is 0 Å². The lowest BCUT2D eigenvalue weighted by atomic mass is 9.87. The summed E-state index contributed by atoms with van der Waals surface area (Å²) in [5, 5.41) is 18.9. The lowest BCUT2D eigenvalue weighted by Crippen LogP contribution is -2.50. The smallest absolute Gasteiger partial charge is 0.287 e. The van der Waals surface area contributed by atoms with E-state index in [9.17, 15) is 9.90 Å². The number of aromatic hydroxyl groups is 1. The summed E-state index contributed by atoms with van der Waals surface area (Å²) < 4.78 is 5.84. The number of fused-ring (bicyclic) bond motifs is 1. The third-order valence-electron chi connectivity index (χ3n) is 4.10. The SMILES string of the molecule is Cc1c(C)c2c(c(C)c1O)CC[C@@](C)(C(=O)NO)O2. The highest BCUT2D eigenvalue weighted by molar-refractivity contribution is 5.84. The summed E-state index contributed by atoms with van der Waals surface area (Å²) in [6, 6.07) is 0. The van der Waals surface area contributed by atoms with E-state index in [4.69, 9.17) is 9.94 Å². The number of phenols is 1. The maximum Gasteiger partial charge on any atom is 0.287 e. The molecule has 2 rings (SSSR count). The molecule has 0 aromatic heterocycles. The molecule has 3 N–H and O–H groups in total. The van der Waals surface area contributed by atoms with Crippen LogP contribution in [0.3, 0.4) is 0 Å². The van der Waals surface area contributed by atoms with Crippen molar-refractivity contribution in [3.05, 3.63) is 22.3 Å². The van der Waals surface area contributed by atoms with Crippen LogP contribution in [0, 0.1) is 20.8 Å². The van der Waals surface area contributed by atoms with Crippen molar-refractivity contribution in [3.8, 4) is 11.5 Å². The Morgan fingerprint density at radius 2 is 1.89 bits per heavy atom. The van der Waals surface area contributed by atoms with Gasteiger partial charge >= 0.3 is 0 Å². The molecular weight excluding hydrogens is 246 g/mol. The van der Waals surface area contributed by atoms with Crippen LogP contribution < -0.4 is 10.2 Å². The van der Waals surface area contributed by atoms with Gasteiger partial charge in [-0.25, -0.2) is 5.48 Å². The van der Waals surface area contributed by atoms with Crippen LogP contribution in [-0.2, 0) is 11.2 Å². The summed E-state index contributed by atoms with van der Waals surface area (Å²) in [7, 11) is 0. The molecule has 1 heterocycles. The highest BCUT2D eigenvalue weighted by Gasteiger charge is 2.40. The van der Waals surface area contributed by atoms with Gasteiger partial charge in [0.05, 0.1) is 0 Å². The Balaban J connectivity index is 2.55. The third-order valence-corrected chi connectivity index (χ3v) is 4.10. The second-order valence-corrected chi connectivity index (χ2v) is 5.31. The first kappa shape index (κ1) is 13.7. The molecule has 1 amide bonds. The van der Waals surface area contributed by atoms with Crippen LogP contribution in [0.25, 0.3) is 0 Å². The number of hydrogen-bond acceptors (Lipinski definition) is 4. The predicted octanol–water partition coefficient (Wildman–Crippen LogP) is 1.91. The van der Waals surface area contributed by atoms with Crippen molar-refractivity contribution in [1.82, 2.24) is 5.48 Å². The lowest BCUT2D eigenvalue weighted by Gasteiger charge is -2.35. The molecule has 0 unspecified atom stereocenters. The summed E-state index contributed by atoms with van der Waals surface area (Å²) in [6.45, 7) is 7.17. The monoisotopic (exact) mass is 265 g/mol. The summed E-state index contributed by atoms with van der Waals surface area (Å²) in [5.74, 6) is 0.376. The van der Waals surface area contributed by atoms with E-state index in [1.54, 1.807) is 12.4 Å². The van der Waals surface area contributed by atoms with Crippen molar-refractivity contribution in [2.45, 2.75) is 46.1 Å². The maximum absolute atomic E-state index is 11.7. The molecule has 0 aliphatic carbocycles. The zero-order valence-electron chi connectivity index (χ0n) is 11.6. The van der Waals surface area contributed by atoms with Crippen LogP contribution in [0.1, 0.15) is 35.6 Å². The van der Waals surface area contributed by atoms with Crippen molar-refractivity contribution in [3.63, 3.8) is 0 Å². The number of benzene rings is 1. The topological polar surface area (TPSA) is 78.8 Å². The van der Waals surface area contributed by atoms with Gasteiger partial charge in [0.1, 0.15) is 11.5 Å². The molecule has 0 spiro atoms. The molecule has 0 saturated heterocycles.